The summed E-state index contributed by atoms with van der Waals surface area (Å²) >= 11 is 0. The molecule has 5 heteroatoms. The number of amides is 3. The Balaban J connectivity index is 1.94. The molecule has 0 aromatic rings. The van der Waals surface area contributed by atoms with E-state index in [1.54, 1.807) is 0 Å². The fourth-order valence-electron chi connectivity index (χ4n) is 4.06. The maximum atomic E-state index is 12.7. The highest BCUT2D eigenvalue weighted by atomic mass is 16.2. The molecule has 4 aliphatic rings. The molecule has 0 unspecified atom stereocenters. The number of hydrogen-bond donors (Lipinski definition) is 1. The maximum absolute atomic E-state index is 12.7. The van der Waals surface area contributed by atoms with Gasteiger partial charge in [0.05, 0.1) is 11.8 Å². The van der Waals surface area contributed by atoms with Gasteiger partial charge < -0.3 is 5.32 Å². The fourth-order valence-corrected chi connectivity index (χ4v) is 4.06. The van der Waals surface area contributed by atoms with Crippen LogP contribution in [0.4, 0.5) is 0 Å². The molecule has 0 radical (unpaired) electrons. The number of allylic oxidation sites excluding steroid dienone is 2. The predicted octanol–water partition coefficient (Wildman–Crippen LogP) is 0.708. The van der Waals surface area contributed by atoms with E-state index >= 15 is 0 Å². The number of fused-ring (bicyclic) bond motifs is 1. The van der Waals surface area contributed by atoms with Crippen molar-refractivity contribution in [1.29, 1.82) is 0 Å². The Kier molecular flexibility index (Phi) is 3.15. The number of likely N-dealkylation sites (N-methyl/N-ethyl adjacent to an activating group) is 1. The molecule has 1 saturated carbocycles. The number of hydrogen-bond acceptors (Lipinski definition) is 3. The Morgan fingerprint density at radius 3 is 2.10 bits per heavy atom. The molecule has 0 aromatic carbocycles. The number of carbonyl (C=O) groups excluding carboxylic acids is 3. The summed E-state index contributed by atoms with van der Waals surface area (Å²) < 4.78 is 0. The van der Waals surface area contributed by atoms with Crippen molar-refractivity contribution in [2.45, 2.75) is 32.2 Å². The molecule has 3 aliphatic carbocycles. The highest BCUT2D eigenvalue weighted by Crippen LogP contribution is 2.50. The van der Waals surface area contributed by atoms with Crippen LogP contribution in [-0.4, -0.2) is 35.7 Å². The minimum Gasteiger partial charge on any atom is -0.357 e. The Labute approximate surface area is 118 Å². The molecule has 1 heterocycles. The van der Waals surface area contributed by atoms with Gasteiger partial charge in [0.1, 0.15) is 6.04 Å². The smallest absolute Gasteiger partial charge is 0.243 e. The van der Waals surface area contributed by atoms with E-state index in [0.717, 1.165) is 12.8 Å². The number of nitrogens with one attached hydrogen (secondary N) is 1. The number of likely N-dealkylation sites (tertiary alicyclic amines) is 1. The molecular formula is C15H20N2O3. The van der Waals surface area contributed by atoms with Gasteiger partial charge in [-0.1, -0.05) is 19.1 Å². The summed E-state index contributed by atoms with van der Waals surface area (Å²) in [4.78, 5) is 38.5. The largest absolute Gasteiger partial charge is 0.357 e. The van der Waals surface area contributed by atoms with Crippen molar-refractivity contribution in [2.24, 2.45) is 23.7 Å². The van der Waals surface area contributed by atoms with Crippen molar-refractivity contribution in [3.63, 3.8) is 0 Å². The Morgan fingerprint density at radius 2 is 1.75 bits per heavy atom. The van der Waals surface area contributed by atoms with E-state index in [2.05, 4.69) is 17.5 Å². The number of rotatable bonds is 3. The van der Waals surface area contributed by atoms with Crippen LogP contribution in [0.25, 0.3) is 0 Å². The normalized spacial score (nSPS) is 36.2. The zero-order chi connectivity index (χ0) is 14.4. The highest BCUT2D eigenvalue weighted by Gasteiger charge is 2.58. The summed E-state index contributed by atoms with van der Waals surface area (Å²) in [6.07, 6.45) is 6.59. The molecule has 2 bridgehead atoms. The van der Waals surface area contributed by atoms with Crippen molar-refractivity contribution in [2.75, 3.05) is 7.05 Å². The van der Waals surface area contributed by atoms with Crippen LogP contribution in [0.5, 0.6) is 0 Å². The quantitative estimate of drug-likeness (QED) is 0.610. The molecule has 20 heavy (non-hydrogen) atoms. The van der Waals surface area contributed by atoms with Gasteiger partial charge in [-0.15, -0.1) is 0 Å². The van der Waals surface area contributed by atoms with Crippen LogP contribution >= 0.6 is 0 Å². The van der Waals surface area contributed by atoms with E-state index in [-0.39, 0.29) is 41.4 Å². The second-order valence-electron chi connectivity index (χ2n) is 5.93. The van der Waals surface area contributed by atoms with E-state index in [1.165, 1.54) is 11.9 Å². The zero-order valence-electron chi connectivity index (χ0n) is 11.8. The third kappa shape index (κ3) is 1.65. The number of nitrogens with zero attached hydrogens (tertiary/aromatic N) is 1. The molecule has 5 atom stereocenters. The SMILES string of the molecule is CC[C@H](C(=O)NC)N1C(=O)[C@@H]2[C@H](C1=O)[C@H]1C=C[C@H]2CC1. The maximum Gasteiger partial charge on any atom is 0.243 e. The molecule has 1 aliphatic heterocycles. The molecular weight excluding hydrogens is 256 g/mol. The van der Waals surface area contributed by atoms with Gasteiger partial charge in [0.15, 0.2) is 0 Å². The molecule has 0 aromatic heterocycles. The zero-order valence-corrected chi connectivity index (χ0v) is 11.8. The average Bonchev–Trinajstić information content (AvgIpc) is 2.76. The topological polar surface area (TPSA) is 66.5 Å². The third-order valence-corrected chi connectivity index (χ3v) is 5.04. The summed E-state index contributed by atoms with van der Waals surface area (Å²) in [5, 5.41) is 2.55. The minimum atomic E-state index is -0.662. The standard InChI is InChI=1S/C15H20N2O3/c1-3-10(13(18)16-2)17-14(19)11-8-4-5-9(7-6-8)12(11)15(17)20/h4-5,8-12H,3,6-7H2,1-2H3,(H,16,18)/t8-,9-,10+,11-,12+/m0/s1. The molecule has 1 saturated heterocycles. The van der Waals surface area contributed by atoms with Crippen LogP contribution in [-0.2, 0) is 14.4 Å². The fraction of sp³-hybridized carbons (Fsp3) is 0.667. The van der Waals surface area contributed by atoms with Crippen molar-refractivity contribution in [3.8, 4) is 0 Å². The van der Waals surface area contributed by atoms with E-state index < -0.39 is 6.04 Å². The lowest BCUT2D eigenvalue weighted by Crippen LogP contribution is -2.49. The highest BCUT2D eigenvalue weighted by molar-refractivity contribution is 6.09. The predicted molar refractivity (Wildman–Crippen MR) is 72.3 cm³/mol. The first-order valence-electron chi connectivity index (χ1n) is 7.37. The van der Waals surface area contributed by atoms with Crippen LogP contribution in [0, 0.1) is 23.7 Å². The summed E-state index contributed by atoms with van der Waals surface area (Å²) in [5.41, 5.74) is 0. The molecule has 4 rings (SSSR count). The van der Waals surface area contributed by atoms with E-state index in [9.17, 15) is 14.4 Å². The molecule has 0 spiro atoms. The Morgan fingerprint density at radius 1 is 1.25 bits per heavy atom. The second-order valence-corrected chi connectivity index (χ2v) is 5.93. The molecule has 3 amide bonds. The number of carbonyl (C=O) groups is 3. The first-order chi connectivity index (χ1) is 9.60. The molecule has 2 fully saturated rings. The van der Waals surface area contributed by atoms with Crippen molar-refractivity contribution in [3.05, 3.63) is 12.2 Å². The lowest BCUT2D eigenvalue weighted by atomic mass is 9.63. The molecule has 1 N–H and O–H groups in total. The van der Waals surface area contributed by atoms with Crippen LogP contribution in [0.3, 0.4) is 0 Å². The van der Waals surface area contributed by atoms with Crippen molar-refractivity contribution < 1.29 is 14.4 Å². The van der Waals surface area contributed by atoms with E-state index in [1.807, 2.05) is 6.92 Å². The first-order valence-corrected chi connectivity index (χ1v) is 7.37. The monoisotopic (exact) mass is 276 g/mol. The van der Waals surface area contributed by atoms with Gasteiger partial charge in [0.2, 0.25) is 17.7 Å². The summed E-state index contributed by atoms with van der Waals surface area (Å²) in [6.45, 7) is 1.83. The first kappa shape index (κ1) is 13.3. The van der Waals surface area contributed by atoms with Gasteiger partial charge in [0.25, 0.3) is 0 Å². The van der Waals surface area contributed by atoms with E-state index in [4.69, 9.17) is 0 Å². The van der Waals surface area contributed by atoms with Crippen LogP contribution in [0.2, 0.25) is 0 Å². The van der Waals surface area contributed by atoms with Crippen molar-refractivity contribution >= 4 is 17.7 Å². The summed E-state index contributed by atoms with van der Waals surface area (Å²) in [5.74, 6) is -0.658. The van der Waals surface area contributed by atoms with Gasteiger partial charge in [-0.3, -0.25) is 19.3 Å². The average molecular weight is 276 g/mol. The van der Waals surface area contributed by atoms with E-state index in [0.29, 0.717) is 6.42 Å². The van der Waals surface area contributed by atoms with Gasteiger partial charge in [-0.05, 0) is 31.1 Å². The van der Waals surface area contributed by atoms with Crippen molar-refractivity contribution in [1.82, 2.24) is 10.2 Å². The number of imide groups is 1. The minimum absolute atomic E-state index is 0.144. The van der Waals surface area contributed by atoms with Gasteiger partial charge in [0, 0.05) is 7.05 Å². The second kappa shape index (κ2) is 4.72. The third-order valence-electron chi connectivity index (χ3n) is 5.04. The van der Waals surface area contributed by atoms with Crippen LogP contribution in [0.15, 0.2) is 12.2 Å². The van der Waals surface area contributed by atoms with Gasteiger partial charge in [-0.2, -0.15) is 0 Å². The molecule has 5 nitrogen and oxygen atoms in total. The molecule has 108 valence electrons. The van der Waals surface area contributed by atoms with Gasteiger partial charge in [-0.25, -0.2) is 0 Å². The van der Waals surface area contributed by atoms with Gasteiger partial charge >= 0.3 is 0 Å². The van der Waals surface area contributed by atoms with Crippen LogP contribution < -0.4 is 5.32 Å². The Bertz CT molecular complexity index is 467. The Hall–Kier alpha value is -1.65. The summed E-state index contributed by atoms with van der Waals surface area (Å²) in [6, 6.07) is -0.662. The lowest BCUT2D eigenvalue weighted by molar-refractivity contribution is -0.148. The lowest BCUT2D eigenvalue weighted by Gasteiger charge is -2.38. The van der Waals surface area contributed by atoms with Crippen LogP contribution in [0.1, 0.15) is 26.2 Å². The summed E-state index contributed by atoms with van der Waals surface area (Å²) in [7, 11) is 1.54.